The molecule has 0 atom stereocenters. The summed E-state index contributed by atoms with van der Waals surface area (Å²) in [6.45, 7) is 0. The standard InChI is InChI=1S/C14H15FN4O2/c15-11-8-10(14(20)21)6-7-12(11)19-13(16-17-18-19)9-4-2-1-3-5-9/h6-9H,1-5H2,(H,20,21). The lowest BCUT2D eigenvalue weighted by molar-refractivity contribution is 0.0696. The van der Waals surface area contributed by atoms with Crippen LogP contribution in [-0.2, 0) is 0 Å². The monoisotopic (exact) mass is 290 g/mol. The van der Waals surface area contributed by atoms with Crippen molar-refractivity contribution in [3.8, 4) is 5.69 Å². The Labute approximate surface area is 120 Å². The number of tetrazole rings is 1. The second kappa shape index (κ2) is 5.59. The number of aromatic carboxylic acids is 1. The number of halogens is 1. The Balaban J connectivity index is 1.97. The Morgan fingerprint density at radius 1 is 1.29 bits per heavy atom. The van der Waals surface area contributed by atoms with E-state index in [0.29, 0.717) is 5.82 Å². The fourth-order valence-corrected chi connectivity index (χ4v) is 2.79. The van der Waals surface area contributed by atoms with Crippen molar-refractivity contribution in [2.24, 2.45) is 0 Å². The van der Waals surface area contributed by atoms with E-state index >= 15 is 0 Å². The first-order valence-corrected chi connectivity index (χ1v) is 6.98. The molecule has 0 amide bonds. The first kappa shape index (κ1) is 13.7. The van der Waals surface area contributed by atoms with Crippen molar-refractivity contribution in [2.75, 3.05) is 0 Å². The summed E-state index contributed by atoms with van der Waals surface area (Å²) in [5.74, 6) is -0.923. The van der Waals surface area contributed by atoms with Crippen LogP contribution in [0.4, 0.5) is 4.39 Å². The van der Waals surface area contributed by atoms with Crippen molar-refractivity contribution < 1.29 is 14.3 Å². The Kier molecular flexibility index (Phi) is 3.64. The van der Waals surface area contributed by atoms with E-state index in [1.165, 1.54) is 23.2 Å². The molecule has 1 saturated carbocycles. The highest BCUT2D eigenvalue weighted by molar-refractivity contribution is 5.87. The van der Waals surface area contributed by atoms with Crippen LogP contribution in [0.15, 0.2) is 18.2 Å². The molecule has 1 N–H and O–H groups in total. The lowest BCUT2D eigenvalue weighted by atomic mass is 9.88. The normalized spacial score (nSPS) is 16.0. The van der Waals surface area contributed by atoms with Crippen LogP contribution in [0.1, 0.15) is 54.2 Å². The molecule has 2 aromatic rings. The summed E-state index contributed by atoms with van der Waals surface area (Å²) in [6, 6.07) is 3.75. The first-order valence-electron chi connectivity index (χ1n) is 6.98. The zero-order valence-corrected chi connectivity index (χ0v) is 11.4. The lowest BCUT2D eigenvalue weighted by Gasteiger charge is -2.20. The quantitative estimate of drug-likeness (QED) is 0.939. The van der Waals surface area contributed by atoms with Crippen LogP contribution in [0.2, 0.25) is 0 Å². The zero-order valence-electron chi connectivity index (χ0n) is 11.4. The molecule has 3 rings (SSSR count). The number of hydrogen-bond acceptors (Lipinski definition) is 4. The SMILES string of the molecule is O=C(O)c1ccc(-n2nnnc2C2CCCCC2)c(F)c1. The molecule has 1 fully saturated rings. The Bertz CT molecular complexity index is 665. The summed E-state index contributed by atoms with van der Waals surface area (Å²) in [5, 5.41) is 20.4. The largest absolute Gasteiger partial charge is 0.478 e. The molecule has 1 aromatic heterocycles. The van der Waals surface area contributed by atoms with Crippen molar-refractivity contribution in [3.05, 3.63) is 35.4 Å². The number of carboxylic acid groups (broad SMARTS) is 1. The third-order valence-electron chi connectivity index (χ3n) is 3.89. The minimum atomic E-state index is -1.16. The van der Waals surface area contributed by atoms with Gasteiger partial charge in [0, 0.05) is 5.92 Å². The highest BCUT2D eigenvalue weighted by atomic mass is 19.1. The minimum absolute atomic E-state index is 0.0939. The van der Waals surface area contributed by atoms with Crippen LogP contribution in [0.25, 0.3) is 5.69 Å². The van der Waals surface area contributed by atoms with Gasteiger partial charge in [0.2, 0.25) is 0 Å². The first-order chi connectivity index (χ1) is 10.2. The molecule has 1 heterocycles. The number of aromatic nitrogens is 4. The number of carbonyl (C=O) groups is 1. The summed E-state index contributed by atoms with van der Waals surface area (Å²) in [7, 11) is 0. The molecule has 1 aromatic carbocycles. The summed E-state index contributed by atoms with van der Waals surface area (Å²) in [4.78, 5) is 10.9. The van der Waals surface area contributed by atoms with Crippen LogP contribution < -0.4 is 0 Å². The minimum Gasteiger partial charge on any atom is -0.478 e. The highest BCUT2D eigenvalue weighted by Gasteiger charge is 2.23. The van der Waals surface area contributed by atoms with Crippen LogP contribution in [0.5, 0.6) is 0 Å². The molecule has 6 nitrogen and oxygen atoms in total. The molecule has 0 bridgehead atoms. The summed E-state index contributed by atoms with van der Waals surface area (Å²) in [5.41, 5.74) is 0.0918. The average Bonchev–Trinajstić information content (AvgIpc) is 2.97. The molecular formula is C14H15FN4O2. The molecule has 110 valence electrons. The van der Waals surface area contributed by atoms with Crippen LogP contribution in [-0.4, -0.2) is 31.3 Å². The number of hydrogen-bond donors (Lipinski definition) is 1. The van der Waals surface area contributed by atoms with Gasteiger partial charge in [-0.25, -0.2) is 9.18 Å². The van der Waals surface area contributed by atoms with Crippen LogP contribution in [0.3, 0.4) is 0 Å². The number of carboxylic acids is 1. The van der Waals surface area contributed by atoms with E-state index < -0.39 is 11.8 Å². The fraction of sp³-hybridized carbons (Fsp3) is 0.429. The van der Waals surface area contributed by atoms with E-state index in [1.54, 1.807) is 0 Å². The van der Waals surface area contributed by atoms with Crippen molar-refractivity contribution in [2.45, 2.75) is 38.0 Å². The Hall–Kier alpha value is -2.31. The maximum Gasteiger partial charge on any atom is 0.335 e. The van der Waals surface area contributed by atoms with E-state index in [4.69, 9.17) is 5.11 Å². The fourth-order valence-electron chi connectivity index (χ4n) is 2.79. The third kappa shape index (κ3) is 2.63. The Morgan fingerprint density at radius 3 is 2.71 bits per heavy atom. The van der Waals surface area contributed by atoms with E-state index in [0.717, 1.165) is 31.7 Å². The van der Waals surface area contributed by atoms with Gasteiger partial charge >= 0.3 is 5.97 Å². The van der Waals surface area contributed by atoms with Gasteiger partial charge < -0.3 is 5.11 Å². The Morgan fingerprint density at radius 2 is 2.05 bits per heavy atom. The molecule has 21 heavy (non-hydrogen) atoms. The molecule has 0 saturated heterocycles. The molecule has 0 radical (unpaired) electrons. The van der Waals surface area contributed by atoms with Gasteiger partial charge in [-0.1, -0.05) is 19.3 Å². The van der Waals surface area contributed by atoms with Gasteiger partial charge in [-0.15, -0.1) is 5.10 Å². The van der Waals surface area contributed by atoms with E-state index in [-0.39, 0.29) is 17.2 Å². The van der Waals surface area contributed by atoms with Crippen LogP contribution in [0, 0.1) is 5.82 Å². The van der Waals surface area contributed by atoms with Gasteiger partial charge in [0.05, 0.1) is 5.56 Å². The maximum absolute atomic E-state index is 14.1. The lowest BCUT2D eigenvalue weighted by Crippen LogP contribution is -2.13. The van der Waals surface area contributed by atoms with Crippen molar-refractivity contribution in [3.63, 3.8) is 0 Å². The molecule has 7 heteroatoms. The van der Waals surface area contributed by atoms with Crippen molar-refractivity contribution in [1.29, 1.82) is 0 Å². The molecule has 0 unspecified atom stereocenters. The predicted octanol–water partition coefficient (Wildman–Crippen LogP) is 2.55. The zero-order chi connectivity index (χ0) is 14.8. The van der Waals surface area contributed by atoms with Gasteiger partial charge in [0.1, 0.15) is 11.5 Å². The van der Waals surface area contributed by atoms with Gasteiger partial charge in [0.15, 0.2) is 5.82 Å². The van der Waals surface area contributed by atoms with Crippen molar-refractivity contribution in [1.82, 2.24) is 20.2 Å². The van der Waals surface area contributed by atoms with E-state index in [9.17, 15) is 9.18 Å². The third-order valence-corrected chi connectivity index (χ3v) is 3.89. The summed E-state index contributed by atoms with van der Waals surface area (Å²) in [6.07, 6.45) is 5.44. The number of rotatable bonds is 3. The summed E-state index contributed by atoms with van der Waals surface area (Å²) < 4.78 is 15.5. The van der Waals surface area contributed by atoms with Crippen LogP contribution >= 0.6 is 0 Å². The van der Waals surface area contributed by atoms with E-state index in [2.05, 4.69) is 15.5 Å². The van der Waals surface area contributed by atoms with E-state index in [1.807, 2.05) is 0 Å². The average molecular weight is 290 g/mol. The molecule has 0 aliphatic heterocycles. The molecule has 1 aliphatic carbocycles. The number of nitrogens with zero attached hydrogens (tertiary/aromatic N) is 4. The second-order valence-electron chi connectivity index (χ2n) is 5.26. The van der Waals surface area contributed by atoms with Gasteiger partial charge in [-0.2, -0.15) is 4.68 Å². The smallest absolute Gasteiger partial charge is 0.335 e. The number of benzene rings is 1. The van der Waals surface area contributed by atoms with Crippen molar-refractivity contribution >= 4 is 5.97 Å². The molecular weight excluding hydrogens is 275 g/mol. The molecule has 1 aliphatic rings. The predicted molar refractivity (Wildman–Crippen MR) is 71.9 cm³/mol. The molecule has 0 spiro atoms. The second-order valence-corrected chi connectivity index (χ2v) is 5.26. The van der Waals surface area contributed by atoms with Gasteiger partial charge in [-0.05, 0) is 41.5 Å². The summed E-state index contributed by atoms with van der Waals surface area (Å²) >= 11 is 0. The topological polar surface area (TPSA) is 80.9 Å². The maximum atomic E-state index is 14.1. The van der Waals surface area contributed by atoms with Gasteiger partial charge in [0.25, 0.3) is 0 Å². The van der Waals surface area contributed by atoms with Gasteiger partial charge in [-0.3, -0.25) is 0 Å². The highest BCUT2D eigenvalue weighted by Crippen LogP contribution is 2.32.